The molecule has 1 aromatic rings. The van der Waals surface area contributed by atoms with Crippen molar-refractivity contribution in [3.05, 3.63) is 42.7 Å². The Kier molecular flexibility index (Phi) is 5.35. The Morgan fingerprint density at radius 2 is 2.10 bits per heavy atom. The molecule has 10 heavy (non-hydrogen) atoms. The first-order chi connectivity index (χ1) is 4.81. The van der Waals surface area contributed by atoms with E-state index in [9.17, 15) is 0 Å². The Hall–Kier alpha value is -1.11. The molecule has 0 bridgehead atoms. The van der Waals surface area contributed by atoms with Crippen molar-refractivity contribution in [1.29, 1.82) is 0 Å². The molecule has 0 N–H and O–H groups in total. The largest absolute Gasteiger partial charge is 0.262 e. The summed E-state index contributed by atoms with van der Waals surface area (Å²) in [6, 6.07) is 5.86. The molecule has 0 aromatic carbocycles. The van der Waals surface area contributed by atoms with Crippen LogP contribution >= 0.6 is 0 Å². The average Bonchev–Trinajstić information content (AvgIpc) is 1.91. The van der Waals surface area contributed by atoms with Crippen molar-refractivity contribution in [2.24, 2.45) is 0 Å². The first-order valence-corrected chi connectivity index (χ1v) is 3.26. The minimum atomic E-state index is 1.07. The van der Waals surface area contributed by atoms with Crippen LogP contribution in [0.5, 0.6) is 0 Å². The Bertz CT molecular complexity index is 167. The van der Waals surface area contributed by atoms with Gasteiger partial charge in [0.1, 0.15) is 0 Å². The van der Waals surface area contributed by atoms with Gasteiger partial charge in [-0.15, -0.1) is 6.58 Å². The zero-order valence-corrected chi connectivity index (χ0v) is 6.54. The van der Waals surface area contributed by atoms with E-state index in [-0.39, 0.29) is 0 Å². The first-order valence-electron chi connectivity index (χ1n) is 3.26. The molecular weight excluding hydrogens is 122 g/mol. The lowest BCUT2D eigenvalue weighted by Gasteiger charge is -1.82. The third kappa shape index (κ3) is 5.04. The summed E-state index contributed by atoms with van der Waals surface area (Å²) in [5.74, 6) is 0. The van der Waals surface area contributed by atoms with E-state index < -0.39 is 0 Å². The third-order valence-electron chi connectivity index (χ3n) is 0.813. The minimum Gasteiger partial charge on any atom is -0.262 e. The maximum absolute atomic E-state index is 3.98. The molecule has 0 unspecified atom stereocenters. The van der Waals surface area contributed by atoms with Crippen LogP contribution in [0.15, 0.2) is 37.1 Å². The molecule has 54 valence electrons. The number of allylic oxidation sites excluding steroid dienone is 1. The summed E-state index contributed by atoms with van der Waals surface area (Å²) in [5, 5.41) is 0. The van der Waals surface area contributed by atoms with Crippen LogP contribution in [0.2, 0.25) is 0 Å². The molecule has 0 aliphatic rings. The van der Waals surface area contributed by atoms with Crippen LogP contribution in [0.4, 0.5) is 0 Å². The van der Waals surface area contributed by atoms with Gasteiger partial charge in [0.2, 0.25) is 0 Å². The van der Waals surface area contributed by atoms with Crippen LogP contribution < -0.4 is 0 Å². The molecule has 0 saturated heterocycles. The Morgan fingerprint density at radius 1 is 1.50 bits per heavy atom. The number of hydrogen-bond acceptors (Lipinski definition) is 1. The number of nitrogens with zero attached hydrogens (tertiary/aromatic N) is 1. The highest BCUT2D eigenvalue weighted by molar-refractivity contribution is 4.99. The summed E-state index contributed by atoms with van der Waals surface area (Å²) in [7, 11) is 0. The monoisotopic (exact) mass is 135 g/mol. The molecule has 0 aliphatic heterocycles. The van der Waals surface area contributed by atoms with E-state index in [1.165, 1.54) is 0 Å². The van der Waals surface area contributed by atoms with Crippen LogP contribution in [0.3, 0.4) is 0 Å². The molecular formula is C9H13N. The molecule has 0 spiro atoms. The zero-order valence-electron chi connectivity index (χ0n) is 6.54. The van der Waals surface area contributed by atoms with Gasteiger partial charge in [-0.2, -0.15) is 0 Å². The van der Waals surface area contributed by atoms with Gasteiger partial charge < -0.3 is 0 Å². The second kappa shape index (κ2) is 6.02. The fourth-order valence-corrected chi connectivity index (χ4v) is 0.448. The summed E-state index contributed by atoms with van der Waals surface area (Å²) < 4.78 is 0. The second-order valence-electron chi connectivity index (χ2n) is 1.88. The van der Waals surface area contributed by atoms with Crippen LogP contribution in [0, 0.1) is 6.92 Å². The predicted molar refractivity (Wildman–Crippen MR) is 44.8 cm³/mol. The number of rotatable bonds is 0. The lowest BCUT2D eigenvalue weighted by molar-refractivity contribution is 1.20. The van der Waals surface area contributed by atoms with Gasteiger partial charge in [0.25, 0.3) is 0 Å². The summed E-state index contributed by atoms with van der Waals surface area (Å²) in [6.07, 6.45) is 3.54. The Balaban J connectivity index is 0.000000236. The highest BCUT2D eigenvalue weighted by Gasteiger charge is 1.73. The number of hydrogen-bond donors (Lipinski definition) is 0. The quantitative estimate of drug-likeness (QED) is 0.498. The van der Waals surface area contributed by atoms with Crippen LogP contribution in [-0.4, -0.2) is 4.98 Å². The van der Waals surface area contributed by atoms with E-state index in [1.54, 1.807) is 12.3 Å². The summed E-state index contributed by atoms with van der Waals surface area (Å²) >= 11 is 0. The van der Waals surface area contributed by atoms with Gasteiger partial charge in [0, 0.05) is 11.9 Å². The first kappa shape index (κ1) is 8.89. The molecule has 0 amide bonds. The molecule has 1 heteroatoms. The Morgan fingerprint density at radius 3 is 2.30 bits per heavy atom. The zero-order chi connectivity index (χ0) is 7.82. The standard InChI is InChI=1S/C6H7N.C3H6/c1-6-4-2-3-5-7-6;1-3-2/h2-5H,1H3;3H,1H2,2H3. The predicted octanol–water partition coefficient (Wildman–Crippen LogP) is 2.58. The van der Waals surface area contributed by atoms with Gasteiger partial charge in [0.15, 0.2) is 0 Å². The Labute approximate surface area is 62.4 Å². The number of aryl methyl sites for hydroxylation is 1. The van der Waals surface area contributed by atoms with Gasteiger partial charge in [-0.25, -0.2) is 0 Å². The molecule has 0 atom stereocenters. The average molecular weight is 135 g/mol. The lowest BCUT2D eigenvalue weighted by Crippen LogP contribution is -1.72. The van der Waals surface area contributed by atoms with Gasteiger partial charge in [-0.1, -0.05) is 12.1 Å². The van der Waals surface area contributed by atoms with E-state index in [2.05, 4.69) is 11.6 Å². The van der Waals surface area contributed by atoms with E-state index >= 15 is 0 Å². The van der Waals surface area contributed by atoms with Gasteiger partial charge in [-0.3, -0.25) is 4.98 Å². The van der Waals surface area contributed by atoms with E-state index in [4.69, 9.17) is 0 Å². The fraction of sp³-hybridized carbons (Fsp3) is 0.222. The van der Waals surface area contributed by atoms with Crippen molar-refractivity contribution in [3.8, 4) is 0 Å². The topological polar surface area (TPSA) is 12.9 Å². The molecule has 1 rings (SSSR count). The summed E-state index contributed by atoms with van der Waals surface area (Å²) in [6.45, 7) is 7.22. The molecule has 0 fully saturated rings. The highest BCUT2D eigenvalue weighted by Crippen LogP contribution is 1.85. The van der Waals surface area contributed by atoms with Crippen molar-refractivity contribution in [1.82, 2.24) is 4.98 Å². The van der Waals surface area contributed by atoms with E-state index in [0.29, 0.717) is 0 Å². The number of aromatic nitrogens is 1. The maximum atomic E-state index is 3.98. The minimum absolute atomic E-state index is 1.07. The SMILES string of the molecule is C=CC.Cc1ccccn1. The van der Waals surface area contributed by atoms with Crippen LogP contribution in [-0.2, 0) is 0 Å². The van der Waals surface area contributed by atoms with Gasteiger partial charge in [-0.05, 0) is 26.0 Å². The second-order valence-corrected chi connectivity index (χ2v) is 1.88. The maximum Gasteiger partial charge on any atom is 0.0372 e. The van der Waals surface area contributed by atoms with Gasteiger partial charge >= 0.3 is 0 Å². The fourth-order valence-electron chi connectivity index (χ4n) is 0.448. The molecule has 0 radical (unpaired) electrons. The highest BCUT2D eigenvalue weighted by atomic mass is 14.6. The molecule has 1 heterocycles. The van der Waals surface area contributed by atoms with Crippen LogP contribution in [0.25, 0.3) is 0 Å². The summed E-state index contributed by atoms with van der Waals surface area (Å²) in [5.41, 5.74) is 1.07. The van der Waals surface area contributed by atoms with E-state index in [0.717, 1.165) is 5.69 Å². The molecule has 1 aromatic heterocycles. The molecule has 1 nitrogen and oxygen atoms in total. The van der Waals surface area contributed by atoms with Crippen molar-refractivity contribution in [2.45, 2.75) is 13.8 Å². The third-order valence-corrected chi connectivity index (χ3v) is 0.813. The van der Waals surface area contributed by atoms with Crippen molar-refractivity contribution in [3.63, 3.8) is 0 Å². The van der Waals surface area contributed by atoms with E-state index in [1.807, 2.05) is 32.0 Å². The summed E-state index contributed by atoms with van der Waals surface area (Å²) in [4.78, 5) is 3.98. The molecule has 0 aliphatic carbocycles. The van der Waals surface area contributed by atoms with Crippen molar-refractivity contribution < 1.29 is 0 Å². The van der Waals surface area contributed by atoms with Crippen molar-refractivity contribution in [2.75, 3.05) is 0 Å². The smallest absolute Gasteiger partial charge is 0.0372 e. The van der Waals surface area contributed by atoms with Gasteiger partial charge in [0.05, 0.1) is 0 Å². The van der Waals surface area contributed by atoms with Crippen molar-refractivity contribution >= 4 is 0 Å². The number of pyridine rings is 1. The lowest BCUT2D eigenvalue weighted by atomic mass is 10.4. The van der Waals surface area contributed by atoms with Crippen LogP contribution in [0.1, 0.15) is 12.6 Å². The normalized spacial score (nSPS) is 7.40. The molecule has 0 saturated carbocycles.